The molecular weight excluding hydrogens is 448 g/mol. The molecule has 0 N–H and O–H groups in total. The number of hydrogen-bond acceptors (Lipinski definition) is 5. The fourth-order valence-electron chi connectivity index (χ4n) is 3.52. The molecule has 2 aliphatic heterocycles. The van der Waals surface area contributed by atoms with Crippen LogP contribution in [0.4, 0.5) is 43.9 Å². The summed E-state index contributed by atoms with van der Waals surface area (Å²) in [6, 6.07) is -1.47. The van der Waals surface area contributed by atoms with Gasteiger partial charge in [-0.1, -0.05) is 0 Å². The zero-order chi connectivity index (χ0) is 23.3. The summed E-state index contributed by atoms with van der Waals surface area (Å²) < 4.78 is 134. The second-order valence-electron chi connectivity index (χ2n) is 7.05. The van der Waals surface area contributed by atoms with E-state index in [-0.39, 0.29) is 6.42 Å². The number of nitrogens with zero attached hydrogens (tertiary/aromatic N) is 1. The first kappa shape index (κ1) is 24.5. The molecule has 2 saturated heterocycles. The standard InChI is InChI=1S/C15H15F10NO4/c1-26-6-2-3-7(26)9(10(27)29-5-12(16,17)14(20,21)22)8(4-6)30-11(28)13(18,19)15(23,24)25/h6-9H,2-5H2,1H3. The molecule has 4 unspecified atom stereocenters. The maximum Gasteiger partial charge on any atom is 0.465 e. The van der Waals surface area contributed by atoms with Gasteiger partial charge in [-0.15, -0.1) is 0 Å². The summed E-state index contributed by atoms with van der Waals surface area (Å²) in [5.74, 6) is -17.9. The zero-order valence-electron chi connectivity index (χ0n) is 15.0. The zero-order valence-corrected chi connectivity index (χ0v) is 15.0. The van der Waals surface area contributed by atoms with Gasteiger partial charge in [0.2, 0.25) is 0 Å². The molecule has 4 atom stereocenters. The van der Waals surface area contributed by atoms with Gasteiger partial charge in [0.05, 0.1) is 0 Å². The van der Waals surface area contributed by atoms with Crippen LogP contribution in [0.5, 0.6) is 0 Å². The highest BCUT2D eigenvalue weighted by Crippen LogP contribution is 2.43. The number of piperidine rings is 1. The van der Waals surface area contributed by atoms with E-state index in [0.29, 0.717) is 6.42 Å². The topological polar surface area (TPSA) is 55.8 Å². The summed E-state index contributed by atoms with van der Waals surface area (Å²) in [6.07, 6.45) is -14.3. The lowest BCUT2D eigenvalue weighted by Gasteiger charge is -2.41. The lowest BCUT2D eigenvalue weighted by molar-refractivity contribution is -0.295. The van der Waals surface area contributed by atoms with Crippen molar-refractivity contribution in [2.24, 2.45) is 5.92 Å². The van der Waals surface area contributed by atoms with Crippen LogP contribution in [0.15, 0.2) is 0 Å². The van der Waals surface area contributed by atoms with E-state index in [4.69, 9.17) is 0 Å². The van der Waals surface area contributed by atoms with Gasteiger partial charge in [0.1, 0.15) is 12.0 Å². The number of fused-ring (bicyclic) bond motifs is 2. The van der Waals surface area contributed by atoms with E-state index in [1.807, 2.05) is 0 Å². The molecule has 5 nitrogen and oxygen atoms in total. The molecule has 0 aromatic rings. The lowest BCUT2D eigenvalue weighted by atomic mass is 9.87. The Hall–Kier alpha value is -1.80. The molecule has 0 aromatic heterocycles. The van der Waals surface area contributed by atoms with Crippen LogP contribution in [0.3, 0.4) is 0 Å². The molecule has 0 saturated carbocycles. The number of ether oxygens (including phenoxy) is 2. The van der Waals surface area contributed by atoms with E-state index in [1.54, 1.807) is 0 Å². The Kier molecular flexibility index (Phi) is 6.29. The van der Waals surface area contributed by atoms with Gasteiger partial charge in [-0.25, -0.2) is 4.79 Å². The average molecular weight is 463 g/mol. The van der Waals surface area contributed by atoms with Crippen molar-refractivity contribution in [3.8, 4) is 0 Å². The van der Waals surface area contributed by atoms with Crippen LogP contribution in [0.1, 0.15) is 19.3 Å². The van der Waals surface area contributed by atoms with Gasteiger partial charge in [0.25, 0.3) is 0 Å². The van der Waals surface area contributed by atoms with Crippen molar-refractivity contribution in [2.75, 3.05) is 13.7 Å². The molecule has 2 aliphatic rings. The number of carbonyl (C=O) groups is 2. The van der Waals surface area contributed by atoms with E-state index < -0.39 is 73.3 Å². The van der Waals surface area contributed by atoms with Gasteiger partial charge in [-0.2, -0.15) is 43.9 Å². The number of esters is 2. The SMILES string of the molecule is CN1C2CCC1C(C(=O)OCC(F)(F)C(F)(F)F)C(OC(=O)C(F)(F)C(F)(F)F)C2. The number of alkyl halides is 10. The van der Waals surface area contributed by atoms with Gasteiger partial charge < -0.3 is 9.47 Å². The molecule has 0 amide bonds. The molecule has 15 heteroatoms. The quantitative estimate of drug-likeness (QED) is 0.463. The third kappa shape index (κ3) is 4.44. The molecule has 2 heterocycles. The van der Waals surface area contributed by atoms with Gasteiger partial charge in [0, 0.05) is 18.5 Å². The Morgan fingerprint density at radius 3 is 2.00 bits per heavy atom. The molecule has 0 aromatic carbocycles. The molecule has 2 rings (SSSR count). The van der Waals surface area contributed by atoms with Crippen molar-refractivity contribution in [2.45, 2.75) is 61.6 Å². The first-order chi connectivity index (χ1) is 13.4. The van der Waals surface area contributed by atoms with Crippen LogP contribution in [-0.4, -0.2) is 72.9 Å². The van der Waals surface area contributed by atoms with E-state index in [1.165, 1.54) is 11.9 Å². The number of carbonyl (C=O) groups excluding carboxylic acids is 2. The van der Waals surface area contributed by atoms with Crippen LogP contribution in [0.25, 0.3) is 0 Å². The van der Waals surface area contributed by atoms with Crippen molar-refractivity contribution in [3.05, 3.63) is 0 Å². The van der Waals surface area contributed by atoms with Crippen LogP contribution in [-0.2, 0) is 19.1 Å². The third-order valence-electron chi connectivity index (χ3n) is 5.17. The molecule has 2 bridgehead atoms. The Morgan fingerprint density at radius 2 is 1.50 bits per heavy atom. The van der Waals surface area contributed by atoms with E-state index in [2.05, 4.69) is 9.47 Å². The predicted octanol–water partition coefficient (Wildman–Crippen LogP) is 3.32. The molecular formula is C15H15F10NO4. The Bertz CT molecular complexity index is 677. The second kappa shape index (κ2) is 7.71. The fourth-order valence-corrected chi connectivity index (χ4v) is 3.52. The minimum absolute atomic E-state index is 0.125. The second-order valence-corrected chi connectivity index (χ2v) is 7.05. The van der Waals surface area contributed by atoms with E-state index in [9.17, 15) is 53.5 Å². The smallest absolute Gasteiger partial charge is 0.459 e. The van der Waals surface area contributed by atoms with Crippen molar-refractivity contribution in [1.29, 1.82) is 0 Å². The summed E-state index contributed by atoms with van der Waals surface area (Å²) in [5, 5.41) is 0. The maximum atomic E-state index is 13.2. The molecule has 0 aliphatic carbocycles. The summed E-state index contributed by atoms with van der Waals surface area (Å²) in [5.41, 5.74) is 0. The van der Waals surface area contributed by atoms with Gasteiger partial charge >= 0.3 is 36.1 Å². The highest BCUT2D eigenvalue weighted by molar-refractivity contribution is 5.80. The normalized spacial score (nSPS) is 28.4. The van der Waals surface area contributed by atoms with E-state index >= 15 is 0 Å². The molecule has 2 fully saturated rings. The summed E-state index contributed by atoms with van der Waals surface area (Å²) >= 11 is 0. The first-order valence-electron chi connectivity index (χ1n) is 8.39. The molecule has 174 valence electrons. The lowest BCUT2D eigenvalue weighted by Crippen LogP contribution is -2.56. The maximum absolute atomic E-state index is 13.2. The predicted molar refractivity (Wildman–Crippen MR) is 75.5 cm³/mol. The highest BCUT2D eigenvalue weighted by Gasteiger charge is 2.66. The first-order valence-corrected chi connectivity index (χ1v) is 8.39. The molecule has 0 radical (unpaired) electrons. The monoisotopic (exact) mass is 463 g/mol. The van der Waals surface area contributed by atoms with Crippen LogP contribution >= 0.6 is 0 Å². The Morgan fingerprint density at radius 1 is 0.933 bits per heavy atom. The van der Waals surface area contributed by atoms with Crippen molar-refractivity contribution < 1.29 is 63.0 Å². The van der Waals surface area contributed by atoms with Crippen molar-refractivity contribution in [1.82, 2.24) is 4.90 Å². The number of halogens is 10. The van der Waals surface area contributed by atoms with Gasteiger partial charge in [0.15, 0.2) is 6.61 Å². The van der Waals surface area contributed by atoms with Crippen LogP contribution < -0.4 is 0 Å². The molecule has 30 heavy (non-hydrogen) atoms. The largest absolute Gasteiger partial charge is 0.465 e. The van der Waals surface area contributed by atoms with Gasteiger partial charge in [-0.05, 0) is 19.9 Å². The summed E-state index contributed by atoms with van der Waals surface area (Å²) in [7, 11) is 1.43. The average Bonchev–Trinajstić information content (AvgIpc) is 2.81. The Labute approximate surface area is 162 Å². The van der Waals surface area contributed by atoms with E-state index in [0.717, 1.165) is 0 Å². The van der Waals surface area contributed by atoms with Crippen molar-refractivity contribution >= 4 is 11.9 Å². The Balaban J connectivity index is 2.20. The minimum atomic E-state index is -6.29. The summed E-state index contributed by atoms with van der Waals surface area (Å²) in [4.78, 5) is 25.1. The summed E-state index contributed by atoms with van der Waals surface area (Å²) in [6.45, 7) is -2.43. The minimum Gasteiger partial charge on any atom is -0.459 e. The highest BCUT2D eigenvalue weighted by atomic mass is 19.4. The van der Waals surface area contributed by atoms with Crippen LogP contribution in [0, 0.1) is 5.92 Å². The number of hydrogen-bond donors (Lipinski definition) is 0. The fraction of sp³-hybridized carbons (Fsp3) is 0.867. The van der Waals surface area contributed by atoms with Gasteiger partial charge in [-0.3, -0.25) is 9.69 Å². The van der Waals surface area contributed by atoms with Crippen LogP contribution in [0.2, 0.25) is 0 Å². The number of rotatable bonds is 5. The molecule has 0 spiro atoms. The third-order valence-corrected chi connectivity index (χ3v) is 5.17. The van der Waals surface area contributed by atoms with Crippen molar-refractivity contribution in [3.63, 3.8) is 0 Å².